The summed E-state index contributed by atoms with van der Waals surface area (Å²) in [6.45, 7) is 5.93. The Kier molecular flexibility index (Phi) is 10.1. The Morgan fingerprint density at radius 1 is 1.31 bits per heavy atom. The second-order valence-corrected chi connectivity index (χ2v) is 7.00. The monoisotopic (exact) mass is 437 g/mol. The molecule has 158 valence electrons. The summed E-state index contributed by atoms with van der Waals surface area (Å²) in [6.07, 6.45) is 2.95. The van der Waals surface area contributed by atoms with Crippen molar-refractivity contribution in [3.63, 3.8) is 0 Å². The summed E-state index contributed by atoms with van der Waals surface area (Å²) in [5.74, 6) is 1.50. The second-order valence-electron chi connectivity index (χ2n) is 7.00. The summed E-state index contributed by atoms with van der Waals surface area (Å²) >= 11 is 0. The highest BCUT2D eigenvalue weighted by atomic mass is 35.5. The van der Waals surface area contributed by atoms with E-state index in [-0.39, 0.29) is 31.0 Å². The maximum atomic E-state index is 9.09. The van der Waals surface area contributed by atoms with Crippen LogP contribution in [-0.4, -0.2) is 35.3 Å². The summed E-state index contributed by atoms with van der Waals surface area (Å²) in [4.78, 5) is 11.6. The van der Waals surface area contributed by atoms with E-state index in [2.05, 4.69) is 39.6 Å². The molecule has 7 nitrogen and oxygen atoms in total. The van der Waals surface area contributed by atoms with Crippen LogP contribution in [-0.2, 0) is 6.42 Å². The first-order valence-electron chi connectivity index (χ1n) is 9.49. The molecule has 29 heavy (non-hydrogen) atoms. The van der Waals surface area contributed by atoms with Crippen LogP contribution < -0.4 is 21.3 Å². The Balaban J connectivity index is 0.00000210. The number of nitrogens with one attached hydrogen (secondary N) is 2. The van der Waals surface area contributed by atoms with Gasteiger partial charge in [0.05, 0.1) is 17.8 Å². The maximum Gasteiger partial charge on any atom is 0.229 e. The first-order chi connectivity index (χ1) is 13.1. The predicted octanol–water partition coefficient (Wildman–Crippen LogP) is 3.36. The number of nitriles is 1. The van der Waals surface area contributed by atoms with Crippen LogP contribution >= 0.6 is 24.8 Å². The molecule has 0 amide bonds. The molecular formula is C20H29Cl2N7. The van der Waals surface area contributed by atoms with Crippen LogP contribution in [0.15, 0.2) is 30.3 Å². The van der Waals surface area contributed by atoms with Crippen molar-refractivity contribution in [3.05, 3.63) is 41.6 Å². The van der Waals surface area contributed by atoms with Gasteiger partial charge in [-0.3, -0.25) is 5.32 Å². The molecule has 3 rings (SSSR count). The number of hydrogen-bond donors (Lipinski definition) is 3. The zero-order valence-corrected chi connectivity index (χ0v) is 18.4. The Hall–Kier alpha value is -2.11. The van der Waals surface area contributed by atoms with Gasteiger partial charge in [0, 0.05) is 36.6 Å². The third kappa shape index (κ3) is 7.02. The van der Waals surface area contributed by atoms with E-state index in [4.69, 9.17) is 16.0 Å². The molecule has 1 aromatic heterocycles. The smallest absolute Gasteiger partial charge is 0.229 e. The van der Waals surface area contributed by atoms with Gasteiger partial charge in [0.2, 0.25) is 5.95 Å². The zero-order chi connectivity index (χ0) is 19.2. The number of benzene rings is 1. The topological polar surface area (TPSA) is 103 Å². The number of halogens is 2. The molecule has 2 aromatic rings. The molecule has 0 saturated carbocycles. The third-order valence-electron chi connectivity index (χ3n) is 4.53. The van der Waals surface area contributed by atoms with Crippen molar-refractivity contribution in [1.82, 2.24) is 15.3 Å². The van der Waals surface area contributed by atoms with Gasteiger partial charge in [-0.1, -0.05) is 19.4 Å². The summed E-state index contributed by atoms with van der Waals surface area (Å²) in [5, 5.41) is 15.7. The minimum atomic E-state index is -0.0133. The second kappa shape index (κ2) is 11.8. The van der Waals surface area contributed by atoms with Crippen LogP contribution in [0, 0.1) is 11.3 Å². The van der Waals surface area contributed by atoms with E-state index in [0.29, 0.717) is 17.6 Å². The van der Waals surface area contributed by atoms with Gasteiger partial charge >= 0.3 is 0 Å². The SMILES string of the molecule is CCCc1cc(N2CCC(NC(C)N)C2)nc(Nc2cccc(C#N)c2)n1.Cl.Cl. The molecular weight excluding hydrogens is 409 g/mol. The van der Waals surface area contributed by atoms with Crippen LogP contribution in [0.25, 0.3) is 0 Å². The lowest BCUT2D eigenvalue weighted by atomic mass is 10.2. The number of nitrogens with two attached hydrogens (primary N) is 1. The highest BCUT2D eigenvalue weighted by molar-refractivity contribution is 5.85. The van der Waals surface area contributed by atoms with Crippen molar-refractivity contribution in [2.45, 2.75) is 45.3 Å². The van der Waals surface area contributed by atoms with Crippen LogP contribution in [0.3, 0.4) is 0 Å². The van der Waals surface area contributed by atoms with Crippen molar-refractivity contribution in [2.75, 3.05) is 23.3 Å². The van der Waals surface area contributed by atoms with E-state index in [1.165, 1.54) is 0 Å². The summed E-state index contributed by atoms with van der Waals surface area (Å²) in [5.41, 5.74) is 8.30. The van der Waals surface area contributed by atoms with Crippen molar-refractivity contribution >= 4 is 42.3 Å². The molecule has 1 saturated heterocycles. The van der Waals surface area contributed by atoms with Crippen molar-refractivity contribution < 1.29 is 0 Å². The fraction of sp³-hybridized carbons (Fsp3) is 0.450. The van der Waals surface area contributed by atoms with Gasteiger partial charge in [-0.2, -0.15) is 10.2 Å². The van der Waals surface area contributed by atoms with Gasteiger partial charge in [0.1, 0.15) is 5.82 Å². The van der Waals surface area contributed by atoms with Crippen LogP contribution in [0.5, 0.6) is 0 Å². The molecule has 0 aliphatic carbocycles. The Morgan fingerprint density at radius 3 is 2.79 bits per heavy atom. The van der Waals surface area contributed by atoms with E-state index in [0.717, 1.165) is 49.6 Å². The third-order valence-corrected chi connectivity index (χ3v) is 4.53. The van der Waals surface area contributed by atoms with E-state index >= 15 is 0 Å². The van der Waals surface area contributed by atoms with Gasteiger partial charge in [-0.25, -0.2) is 4.98 Å². The van der Waals surface area contributed by atoms with Crippen LogP contribution in [0.2, 0.25) is 0 Å². The molecule has 1 aliphatic heterocycles. The number of aryl methyl sites for hydroxylation is 1. The highest BCUT2D eigenvalue weighted by Gasteiger charge is 2.24. The summed E-state index contributed by atoms with van der Waals surface area (Å²) in [6, 6.07) is 11.9. The van der Waals surface area contributed by atoms with E-state index in [9.17, 15) is 0 Å². The molecule has 0 spiro atoms. The van der Waals surface area contributed by atoms with Gasteiger partial charge in [0.15, 0.2) is 0 Å². The molecule has 0 radical (unpaired) electrons. The molecule has 2 heterocycles. The van der Waals surface area contributed by atoms with Gasteiger partial charge in [-0.15, -0.1) is 24.8 Å². The lowest BCUT2D eigenvalue weighted by Gasteiger charge is -2.20. The normalized spacial score (nSPS) is 16.3. The zero-order valence-electron chi connectivity index (χ0n) is 16.8. The molecule has 1 aromatic carbocycles. The quantitative estimate of drug-likeness (QED) is 0.570. The Bertz CT molecular complexity index is 823. The molecule has 2 atom stereocenters. The molecule has 2 unspecified atom stereocenters. The average Bonchev–Trinajstić information content (AvgIpc) is 3.10. The predicted molar refractivity (Wildman–Crippen MR) is 122 cm³/mol. The minimum absolute atomic E-state index is 0. The van der Waals surface area contributed by atoms with Crippen LogP contribution in [0.4, 0.5) is 17.5 Å². The molecule has 4 N–H and O–H groups in total. The summed E-state index contributed by atoms with van der Waals surface area (Å²) < 4.78 is 0. The first-order valence-corrected chi connectivity index (χ1v) is 9.49. The van der Waals surface area contributed by atoms with E-state index < -0.39 is 0 Å². The standard InChI is InChI=1S/C20H27N7.2ClH/c1-3-5-16-11-19(27-9-8-18(13-27)23-14(2)22)26-20(24-16)25-17-7-4-6-15(10-17)12-21;;/h4,6-7,10-11,14,18,23H,3,5,8-9,13,22H2,1-2H3,(H,24,25,26);2*1H. The average molecular weight is 438 g/mol. The van der Waals surface area contributed by atoms with Gasteiger partial charge in [0.25, 0.3) is 0 Å². The Labute approximate surface area is 184 Å². The summed E-state index contributed by atoms with van der Waals surface area (Å²) in [7, 11) is 0. The Morgan fingerprint density at radius 2 is 2.10 bits per heavy atom. The van der Waals surface area contributed by atoms with E-state index in [1.807, 2.05) is 19.1 Å². The van der Waals surface area contributed by atoms with Crippen molar-refractivity contribution in [1.29, 1.82) is 5.26 Å². The van der Waals surface area contributed by atoms with Crippen LogP contribution in [0.1, 0.15) is 37.9 Å². The molecule has 0 bridgehead atoms. The number of rotatable bonds is 7. The maximum absolute atomic E-state index is 9.09. The minimum Gasteiger partial charge on any atom is -0.355 e. The number of anilines is 3. The van der Waals surface area contributed by atoms with Crippen molar-refractivity contribution in [2.24, 2.45) is 5.73 Å². The largest absolute Gasteiger partial charge is 0.355 e. The van der Waals surface area contributed by atoms with Crippen molar-refractivity contribution in [3.8, 4) is 6.07 Å². The van der Waals surface area contributed by atoms with Gasteiger partial charge in [-0.05, 0) is 38.0 Å². The molecule has 1 fully saturated rings. The number of hydrogen-bond acceptors (Lipinski definition) is 7. The van der Waals surface area contributed by atoms with E-state index in [1.54, 1.807) is 12.1 Å². The fourth-order valence-corrected chi connectivity index (χ4v) is 3.36. The number of nitrogens with zero attached hydrogens (tertiary/aromatic N) is 4. The first kappa shape index (κ1) is 24.9. The fourth-order valence-electron chi connectivity index (χ4n) is 3.36. The highest BCUT2D eigenvalue weighted by Crippen LogP contribution is 2.23. The van der Waals surface area contributed by atoms with Gasteiger partial charge < -0.3 is 16.0 Å². The molecule has 1 aliphatic rings. The lowest BCUT2D eigenvalue weighted by Crippen LogP contribution is -2.43. The lowest BCUT2D eigenvalue weighted by molar-refractivity contribution is 0.478. The number of aromatic nitrogens is 2. The molecule has 9 heteroatoms.